The molecule has 2 N–H and O–H groups in total. The smallest absolute Gasteiger partial charge is 0.224 e. The Morgan fingerprint density at radius 3 is 2.71 bits per heavy atom. The molecule has 1 fully saturated rings. The van der Waals surface area contributed by atoms with Crippen LogP contribution in [0.2, 0.25) is 10.0 Å². The molecule has 0 unspecified atom stereocenters. The van der Waals surface area contributed by atoms with Gasteiger partial charge in [0.2, 0.25) is 5.91 Å². The zero-order valence-corrected chi connectivity index (χ0v) is 11.0. The summed E-state index contributed by atoms with van der Waals surface area (Å²) in [6, 6.07) is 3.44. The molecule has 17 heavy (non-hydrogen) atoms. The summed E-state index contributed by atoms with van der Waals surface area (Å²) in [4.78, 5) is 11.7. The molecule has 0 aliphatic carbocycles. The number of rotatable bonds is 3. The van der Waals surface area contributed by atoms with Gasteiger partial charge in [0.1, 0.15) is 0 Å². The predicted octanol–water partition coefficient (Wildman–Crippen LogP) is 2.85. The first-order valence-electron chi connectivity index (χ1n) is 5.52. The summed E-state index contributed by atoms with van der Waals surface area (Å²) in [6.45, 7) is 3.70. The van der Waals surface area contributed by atoms with Crippen molar-refractivity contribution >= 4 is 34.8 Å². The molecule has 1 aromatic rings. The van der Waals surface area contributed by atoms with Crippen LogP contribution in [-0.2, 0) is 4.79 Å². The Hall–Kier alpha value is -0.770. The van der Waals surface area contributed by atoms with Gasteiger partial charge in [-0.05, 0) is 43.6 Å². The first-order valence-corrected chi connectivity index (χ1v) is 6.28. The number of hydrogen-bond acceptors (Lipinski definition) is 2. The number of anilines is 1. The maximum atomic E-state index is 11.7. The average Bonchev–Trinajstić information content (AvgIpc) is 2.20. The zero-order chi connectivity index (χ0) is 12.4. The number of halogens is 2. The van der Waals surface area contributed by atoms with Crippen LogP contribution in [0.1, 0.15) is 12.0 Å². The third-order valence-corrected chi connectivity index (χ3v) is 3.58. The molecule has 0 atom stereocenters. The minimum absolute atomic E-state index is 0.0154. The molecule has 3 nitrogen and oxygen atoms in total. The van der Waals surface area contributed by atoms with Crippen LogP contribution in [0.3, 0.4) is 0 Å². The van der Waals surface area contributed by atoms with Crippen molar-refractivity contribution in [1.29, 1.82) is 0 Å². The van der Waals surface area contributed by atoms with E-state index in [1.54, 1.807) is 12.1 Å². The fourth-order valence-electron chi connectivity index (χ4n) is 1.70. The summed E-state index contributed by atoms with van der Waals surface area (Å²) in [5, 5.41) is 7.05. The van der Waals surface area contributed by atoms with Crippen LogP contribution in [0.5, 0.6) is 0 Å². The van der Waals surface area contributed by atoms with Gasteiger partial charge in [0.05, 0.1) is 10.7 Å². The van der Waals surface area contributed by atoms with Gasteiger partial charge in [0, 0.05) is 11.4 Å². The van der Waals surface area contributed by atoms with E-state index in [1.165, 1.54) is 0 Å². The monoisotopic (exact) mass is 272 g/mol. The van der Waals surface area contributed by atoms with Crippen LogP contribution in [0.4, 0.5) is 5.69 Å². The Bertz CT molecular complexity index is 444. The molecule has 0 spiro atoms. The van der Waals surface area contributed by atoms with Crippen molar-refractivity contribution in [2.24, 2.45) is 5.92 Å². The molecule has 0 aromatic heterocycles. The van der Waals surface area contributed by atoms with Gasteiger partial charge in [-0.15, -0.1) is 0 Å². The lowest BCUT2D eigenvalue weighted by atomic mass is 9.99. The van der Waals surface area contributed by atoms with Crippen molar-refractivity contribution in [3.8, 4) is 0 Å². The van der Waals surface area contributed by atoms with Crippen LogP contribution >= 0.6 is 23.2 Å². The quantitative estimate of drug-likeness (QED) is 0.889. The molecule has 1 aliphatic heterocycles. The molecule has 1 aromatic carbocycles. The summed E-state index contributed by atoms with van der Waals surface area (Å²) in [5.41, 5.74) is 1.48. The molecule has 1 aliphatic rings. The zero-order valence-electron chi connectivity index (χ0n) is 9.52. The number of nitrogens with one attached hydrogen (secondary N) is 2. The molecule has 1 heterocycles. The van der Waals surface area contributed by atoms with Crippen LogP contribution in [0, 0.1) is 12.8 Å². The largest absolute Gasteiger partial charge is 0.325 e. The Labute approximate surface area is 110 Å². The second-order valence-electron chi connectivity index (χ2n) is 4.36. The average molecular weight is 273 g/mol. The van der Waals surface area contributed by atoms with E-state index in [0.29, 0.717) is 28.1 Å². The number of benzene rings is 1. The summed E-state index contributed by atoms with van der Waals surface area (Å²) in [5.74, 6) is 0.424. The van der Waals surface area contributed by atoms with Crippen molar-refractivity contribution < 1.29 is 4.79 Å². The van der Waals surface area contributed by atoms with E-state index < -0.39 is 0 Å². The van der Waals surface area contributed by atoms with Crippen molar-refractivity contribution in [2.45, 2.75) is 13.3 Å². The normalized spacial score (nSPS) is 15.5. The highest BCUT2D eigenvalue weighted by molar-refractivity contribution is 6.36. The lowest BCUT2D eigenvalue weighted by Crippen LogP contribution is -2.43. The molecule has 0 radical (unpaired) electrons. The van der Waals surface area contributed by atoms with Crippen LogP contribution < -0.4 is 10.6 Å². The Kier molecular flexibility index (Phi) is 3.92. The molecule has 0 saturated carbocycles. The highest BCUT2D eigenvalue weighted by Crippen LogP contribution is 2.29. The van der Waals surface area contributed by atoms with Gasteiger partial charge in [0.25, 0.3) is 0 Å². The Balaban J connectivity index is 2.02. The molecular formula is C12H14Cl2N2O. The lowest BCUT2D eigenvalue weighted by molar-refractivity contribution is -0.117. The third kappa shape index (κ3) is 3.12. The topological polar surface area (TPSA) is 41.1 Å². The second-order valence-corrected chi connectivity index (χ2v) is 5.17. The first kappa shape index (κ1) is 12.7. The number of aryl methyl sites for hydroxylation is 1. The molecule has 2 rings (SSSR count). The number of hydrogen-bond donors (Lipinski definition) is 2. The van der Waals surface area contributed by atoms with E-state index in [9.17, 15) is 4.79 Å². The predicted molar refractivity (Wildman–Crippen MR) is 70.8 cm³/mol. The van der Waals surface area contributed by atoms with Gasteiger partial charge in [-0.3, -0.25) is 4.79 Å². The lowest BCUT2D eigenvalue weighted by Gasteiger charge is -2.26. The Morgan fingerprint density at radius 1 is 1.41 bits per heavy atom. The number of carbonyl (C=O) groups excluding carboxylic acids is 1. The van der Waals surface area contributed by atoms with E-state index >= 15 is 0 Å². The molecule has 1 amide bonds. The minimum atomic E-state index is -0.0154. The van der Waals surface area contributed by atoms with E-state index in [-0.39, 0.29) is 5.91 Å². The van der Waals surface area contributed by atoms with E-state index in [4.69, 9.17) is 23.2 Å². The van der Waals surface area contributed by atoms with Gasteiger partial charge in [0.15, 0.2) is 0 Å². The second kappa shape index (κ2) is 5.25. The van der Waals surface area contributed by atoms with Crippen LogP contribution in [0.15, 0.2) is 12.1 Å². The maximum absolute atomic E-state index is 11.7. The van der Waals surface area contributed by atoms with E-state index in [2.05, 4.69) is 10.6 Å². The van der Waals surface area contributed by atoms with Gasteiger partial charge in [-0.1, -0.05) is 23.2 Å². The Morgan fingerprint density at radius 2 is 2.12 bits per heavy atom. The molecule has 5 heteroatoms. The number of carbonyl (C=O) groups is 1. The van der Waals surface area contributed by atoms with Gasteiger partial charge < -0.3 is 10.6 Å². The van der Waals surface area contributed by atoms with Gasteiger partial charge >= 0.3 is 0 Å². The molecule has 92 valence electrons. The van der Waals surface area contributed by atoms with Crippen molar-refractivity contribution in [3.63, 3.8) is 0 Å². The summed E-state index contributed by atoms with van der Waals surface area (Å²) in [6.07, 6.45) is 0.523. The third-order valence-electron chi connectivity index (χ3n) is 2.86. The van der Waals surface area contributed by atoms with Crippen molar-refractivity contribution in [2.75, 3.05) is 18.4 Å². The number of amides is 1. The molecule has 0 bridgehead atoms. The minimum Gasteiger partial charge on any atom is -0.325 e. The summed E-state index contributed by atoms with van der Waals surface area (Å²) >= 11 is 12.0. The highest BCUT2D eigenvalue weighted by atomic mass is 35.5. The van der Waals surface area contributed by atoms with Crippen LogP contribution in [0.25, 0.3) is 0 Å². The van der Waals surface area contributed by atoms with E-state index in [0.717, 1.165) is 18.7 Å². The van der Waals surface area contributed by atoms with Crippen LogP contribution in [-0.4, -0.2) is 19.0 Å². The van der Waals surface area contributed by atoms with Crippen molar-refractivity contribution in [1.82, 2.24) is 5.32 Å². The highest BCUT2D eigenvalue weighted by Gasteiger charge is 2.20. The van der Waals surface area contributed by atoms with Gasteiger partial charge in [-0.25, -0.2) is 0 Å². The summed E-state index contributed by atoms with van der Waals surface area (Å²) < 4.78 is 0. The maximum Gasteiger partial charge on any atom is 0.224 e. The molecular weight excluding hydrogens is 259 g/mol. The van der Waals surface area contributed by atoms with Crippen molar-refractivity contribution in [3.05, 3.63) is 27.7 Å². The van der Waals surface area contributed by atoms with E-state index in [1.807, 2.05) is 6.92 Å². The first-order chi connectivity index (χ1) is 8.06. The standard InChI is InChI=1S/C12H14Cl2N2O/c1-7-2-10(14)11(4-9(7)13)16-12(17)3-8-5-15-6-8/h2,4,8,15H,3,5-6H2,1H3,(H,16,17). The molecule has 1 saturated heterocycles. The fraction of sp³-hybridized carbons (Fsp3) is 0.417. The summed E-state index contributed by atoms with van der Waals surface area (Å²) in [7, 11) is 0. The fourth-order valence-corrected chi connectivity index (χ4v) is 2.13. The van der Waals surface area contributed by atoms with Gasteiger partial charge in [-0.2, -0.15) is 0 Å². The SMILES string of the molecule is Cc1cc(Cl)c(NC(=O)CC2CNC2)cc1Cl.